The zero-order valence-corrected chi connectivity index (χ0v) is 23.4. The van der Waals surface area contributed by atoms with Gasteiger partial charge in [-0.15, -0.1) is 0 Å². The van der Waals surface area contributed by atoms with Gasteiger partial charge >= 0.3 is 0 Å². The summed E-state index contributed by atoms with van der Waals surface area (Å²) in [6.07, 6.45) is -1.02. The van der Waals surface area contributed by atoms with Gasteiger partial charge in [0.05, 0.1) is 31.7 Å². The number of nitrogens with one attached hydrogen (secondary N) is 1. The number of nitrogens with zero attached hydrogens (tertiary/aromatic N) is 1. The minimum Gasteiger partial charge on any atom is -0.497 e. The van der Waals surface area contributed by atoms with E-state index >= 15 is 4.79 Å². The number of carbonyl (C=O) groups excluding carboxylic acids is 2. The summed E-state index contributed by atoms with van der Waals surface area (Å²) in [5.74, 6) is 0.447. The molecule has 0 aromatic heterocycles. The van der Waals surface area contributed by atoms with Gasteiger partial charge in [-0.2, -0.15) is 0 Å². The van der Waals surface area contributed by atoms with Gasteiger partial charge in [0, 0.05) is 11.1 Å². The van der Waals surface area contributed by atoms with Crippen molar-refractivity contribution in [3.05, 3.63) is 125 Å². The van der Waals surface area contributed by atoms with E-state index in [9.17, 15) is 4.79 Å². The van der Waals surface area contributed by atoms with Crippen molar-refractivity contribution in [2.24, 2.45) is 0 Å². The number of fused-ring (bicyclic) bond motifs is 4. The summed E-state index contributed by atoms with van der Waals surface area (Å²) in [6, 6.07) is 31.7. The second-order valence-corrected chi connectivity index (χ2v) is 11.7. The third kappa shape index (κ3) is 3.25. The van der Waals surface area contributed by atoms with E-state index < -0.39 is 29.3 Å². The van der Waals surface area contributed by atoms with Crippen molar-refractivity contribution in [2.75, 3.05) is 12.0 Å². The molecule has 210 valence electrons. The molecule has 2 spiro atoms. The van der Waals surface area contributed by atoms with Crippen LogP contribution in [0.3, 0.4) is 0 Å². The van der Waals surface area contributed by atoms with Gasteiger partial charge in [0.1, 0.15) is 29.2 Å². The van der Waals surface area contributed by atoms with E-state index in [2.05, 4.69) is 17.4 Å². The van der Waals surface area contributed by atoms with E-state index in [1.54, 1.807) is 7.11 Å². The Labute approximate surface area is 244 Å². The number of methoxy groups -OCH3 is 1. The van der Waals surface area contributed by atoms with Crippen molar-refractivity contribution in [2.45, 2.75) is 49.2 Å². The minimum absolute atomic E-state index is 0.123. The fourth-order valence-electron chi connectivity index (χ4n) is 7.65. The van der Waals surface area contributed by atoms with Crippen LogP contribution >= 0.6 is 0 Å². The summed E-state index contributed by atoms with van der Waals surface area (Å²) >= 11 is 0. The lowest BCUT2D eigenvalue weighted by Crippen LogP contribution is -2.60. The van der Waals surface area contributed by atoms with Crippen LogP contribution in [0.2, 0.25) is 0 Å². The van der Waals surface area contributed by atoms with E-state index in [1.807, 2.05) is 96.8 Å². The minimum atomic E-state index is -1.41. The molecule has 5 atom stereocenters. The molecule has 2 saturated heterocycles. The zero-order valence-electron chi connectivity index (χ0n) is 23.4. The van der Waals surface area contributed by atoms with Crippen LogP contribution in [0.25, 0.3) is 0 Å². The molecule has 0 unspecified atom stereocenters. The van der Waals surface area contributed by atoms with Crippen LogP contribution in [0, 0.1) is 6.92 Å². The quantitative estimate of drug-likeness (QED) is 0.367. The number of anilines is 1. The number of rotatable bonds is 4. The topological polar surface area (TPSA) is 77.1 Å². The molecule has 4 aromatic rings. The summed E-state index contributed by atoms with van der Waals surface area (Å²) in [4.78, 5) is 30.3. The van der Waals surface area contributed by atoms with E-state index in [4.69, 9.17) is 14.2 Å². The number of benzene rings is 4. The van der Waals surface area contributed by atoms with Crippen LogP contribution in [0.4, 0.5) is 5.69 Å². The average molecular weight is 559 g/mol. The highest BCUT2D eigenvalue weighted by Crippen LogP contribution is 2.68. The number of aryl methyl sites for hydroxylation is 1. The molecule has 4 aliphatic rings. The molecule has 4 aromatic carbocycles. The zero-order chi connectivity index (χ0) is 28.6. The molecular weight excluding hydrogens is 528 g/mol. The molecule has 1 N–H and O–H groups in total. The van der Waals surface area contributed by atoms with Crippen molar-refractivity contribution in [3.8, 4) is 11.5 Å². The van der Waals surface area contributed by atoms with Crippen LogP contribution in [0.15, 0.2) is 97.1 Å². The summed E-state index contributed by atoms with van der Waals surface area (Å²) < 4.78 is 19.5. The van der Waals surface area contributed by atoms with Crippen LogP contribution in [0.1, 0.15) is 46.3 Å². The van der Waals surface area contributed by atoms with Crippen LogP contribution < -0.4 is 19.7 Å². The first kappa shape index (κ1) is 25.1. The Bertz CT molecular complexity index is 1740. The van der Waals surface area contributed by atoms with E-state index in [1.165, 1.54) is 0 Å². The van der Waals surface area contributed by atoms with Crippen molar-refractivity contribution < 1.29 is 23.8 Å². The summed E-state index contributed by atoms with van der Waals surface area (Å²) in [6.45, 7) is 2.44. The standard InChI is InChI=1S/C35H30N2O5/c1-21-12-14-23(15-13-21)31-34-29(19-30(38)36-34)41-28-17-16-24(40-2)18-25(28)32(34)42-35(31)26-10-6-7-11-27(26)37(33(35)39)20-22-8-4-3-5-9-22/h3-18,29,31-32H,19-20H2,1-2H3,(H,36,38)/t29-,31+,32+,34-,35-/m1/s1. The SMILES string of the molecule is COc1ccc2c(c1)[C@@H]1O[C@@]3(C(=O)N(Cc4ccccc4)c4ccccc43)[C@@H](c3ccc(C)cc3)[C@@]13NC(=O)C[C@H]3O2. The Balaban J connectivity index is 1.40. The molecule has 7 heteroatoms. The first-order chi connectivity index (χ1) is 20.5. The maximum absolute atomic E-state index is 15.1. The lowest BCUT2D eigenvalue weighted by Gasteiger charge is -2.44. The molecule has 7 nitrogen and oxygen atoms in total. The average Bonchev–Trinajstić information content (AvgIpc) is 3.59. The number of hydrogen-bond donors (Lipinski definition) is 1. The maximum Gasteiger partial charge on any atom is 0.265 e. The number of hydrogen-bond acceptors (Lipinski definition) is 5. The van der Waals surface area contributed by atoms with Crippen molar-refractivity contribution in [3.63, 3.8) is 0 Å². The van der Waals surface area contributed by atoms with Crippen LogP contribution in [-0.2, 0) is 26.5 Å². The highest BCUT2D eigenvalue weighted by atomic mass is 16.5. The molecule has 8 rings (SSSR count). The Morgan fingerprint density at radius 1 is 0.952 bits per heavy atom. The Morgan fingerprint density at radius 3 is 2.50 bits per heavy atom. The van der Waals surface area contributed by atoms with Gasteiger partial charge in [0.2, 0.25) is 5.91 Å². The molecule has 0 radical (unpaired) electrons. The van der Waals surface area contributed by atoms with E-state index in [-0.39, 0.29) is 18.2 Å². The lowest BCUT2D eigenvalue weighted by molar-refractivity contribution is -0.144. The van der Waals surface area contributed by atoms with Gasteiger partial charge in [-0.3, -0.25) is 9.59 Å². The largest absolute Gasteiger partial charge is 0.497 e. The first-order valence-electron chi connectivity index (χ1n) is 14.3. The van der Waals surface area contributed by atoms with Crippen molar-refractivity contribution in [1.82, 2.24) is 5.32 Å². The fraction of sp³-hybridized carbons (Fsp3) is 0.257. The second-order valence-electron chi connectivity index (χ2n) is 11.7. The first-order valence-corrected chi connectivity index (χ1v) is 14.3. The second kappa shape index (κ2) is 8.94. The van der Waals surface area contributed by atoms with Gasteiger partial charge < -0.3 is 24.4 Å². The molecule has 2 fully saturated rings. The van der Waals surface area contributed by atoms with E-state index in [0.29, 0.717) is 18.0 Å². The smallest absolute Gasteiger partial charge is 0.265 e. The Hall–Kier alpha value is -4.62. The molecule has 4 heterocycles. The van der Waals surface area contributed by atoms with Gasteiger partial charge in [-0.05, 0) is 42.3 Å². The van der Waals surface area contributed by atoms with Gasteiger partial charge in [-0.25, -0.2) is 0 Å². The Morgan fingerprint density at radius 2 is 1.71 bits per heavy atom. The molecule has 42 heavy (non-hydrogen) atoms. The molecule has 0 bridgehead atoms. The molecule has 2 amide bonds. The number of para-hydroxylation sites is 1. The third-order valence-electron chi connectivity index (χ3n) is 9.40. The van der Waals surface area contributed by atoms with Crippen molar-refractivity contribution >= 4 is 17.5 Å². The van der Waals surface area contributed by atoms with Gasteiger partial charge in [0.25, 0.3) is 5.91 Å². The lowest BCUT2D eigenvalue weighted by atomic mass is 9.64. The van der Waals surface area contributed by atoms with Gasteiger partial charge in [-0.1, -0.05) is 78.4 Å². The third-order valence-corrected chi connectivity index (χ3v) is 9.40. The normalized spacial score (nSPS) is 28.5. The predicted octanol–water partition coefficient (Wildman–Crippen LogP) is 5.32. The summed E-state index contributed by atoms with van der Waals surface area (Å²) in [5, 5.41) is 3.34. The van der Waals surface area contributed by atoms with Gasteiger partial charge in [0.15, 0.2) is 5.60 Å². The fourth-order valence-corrected chi connectivity index (χ4v) is 7.65. The highest BCUT2D eigenvalue weighted by Gasteiger charge is 2.77. The summed E-state index contributed by atoms with van der Waals surface area (Å²) in [5.41, 5.74) is 2.96. The molecule has 0 saturated carbocycles. The number of amides is 2. The molecule has 0 aliphatic carbocycles. The Kier molecular flexibility index (Phi) is 5.35. The summed E-state index contributed by atoms with van der Waals surface area (Å²) in [7, 11) is 1.62. The molecular formula is C35H30N2O5. The maximum atomic E-state index is 15.1. The van der Waals surface area contributed by atoms with Crippen LogP contribution in [0.5, 0.6) is 11.5 Å². The van der Waals surface area contributed by atoms with Crippen LogP contribution in [-0.4, -0.2) is 30.6 Å². The molecule has 4 aliphatic heterocycles. The monoisotopic (exact) mass is 558 g/mol. The number of carbonyl (C=O) groups is 2. The predicted molar refractivity (Wildman–Crippen MR) is 156 cm³/mol. The highest BCUT2D eigenvalue weighted by molar-refractivity contribution is 6.08. The van der Waals surface area contributed by atoms with E-state index in [0.717, 1.165) is 33.5 Å². The van der Waals surface area contributed by atoms with Crippen molar-refractivity contribution in [1.29, 1.82) is 0 Å². The number of ether oxygens (including phenoxy) is 3.